The lowest BCUT2D eigenvalue weighted by Gasteiger charge is -2.53. The molecule has 0 aliphatic heterocycles. The fourth-order valence-electron chi connectivity index (χ4n) is 6.33. The molecule has 0 aromatic rings. The average molecular weight is 400 g/mol. The van der Waals surface area contributed by atoms with E-state index in [1.54, 1.807) is 12.2 Å². The van der Waals surface area contributed by atoms with E-state index in [0.29, 0.717) is 12.8 Å². The van der Waals surface area contributed by atoms with Gasteiger partial charge < -0.3 is 14.9 Å². The number of hydrogen-bond acceptors (Lipinski definition) is 6. The molecule has 0 amide bonds. The quantitative estimate of drug-likeness (QED) is 0.555. The van der Waals surface area contributed by atoms with Gasteiger partial charge in [0.15, 0.2) is 18.0 Å². The summed E-state index contributed by atoms with van der Waals surface area (Å²) in [5.41, 5.74) is -0.805. The van der Waals surface area contributed by atoms with Crippen LogP contribution in [0.2, 0.25) is 0 Å². The fraction of sp³-hybridized carbons (Fsp3) is 0.609. The first kappa shape index (κ1) is 20.2. The maximum atomic E-state index is 12.9. The second kappa shape index (κ2) is 6.47. The Balaban J connectivity index is 1.71. The van der Waals surface area contributed by atoms with Crippen LogP contribution in [0.1, 0.15) is 46.5 Å². The molecule has 0 heterocycles. The van der Waals surface area contributed by atoms with Crippen LogP contribution in [-0.4, -0.2) is 46.1 Å². The molecule has 6 atom stereocenters. The van der Waals surface area contributed by atoms with Gasteiger partial charge in [0.05, 0.1) is 6.10 Å². The van der Waals surface area contributed by atoms with E-state index in [-0.39, 0.29) is 23.0 Å². The van der Waals surface area contributed by atoms with Crippen LogP contribution >= 0.6 is 0 Å². The minimum atomic E-state index is -1.95. The molecule has 2 saturated carbocycles. The first-order valence-corrected chi connectivity index (χ1v) is 10.3. The molecular weight excluding hydrogens is 372 g/mol. The molecule has 0 radical (unpaired) electrons. The zero-order valence-corrected chi connectivity index (χ0v) is 17.1. The van der Waals surface area contributed by atoms with Gasteiger partial charge in [-0.3, -0.25) is 14.4 Å². The third-order valence-electron chi connectivity index (χ3n) is 8.00. The van der Waals surface area contributed by atoms with Crippen LogP contribution in [0.4, 0.5) is 0 Å². The summed E-state index contributed by atoms with van der Waals surface area (Å²) in [6, 6.07) is 0. The van der Waals surface area contributed by atoms with Gasteiger partial charge in [-0.25, -0.2) is 0 Å². The van der Waals surface area contributed by atoms with Crippen molar-refractivity contribution in [2.75, 3.05) is 6.61 Å². The van der Waals surface area contributed by atoms with Crippen molar-refractivity contribution in [3.63, 3.8) is 0 Å². The molecular formula is C23H28O6. The lowest BCUT2D eigenvalue weighted by atomic mass is 9.51. The predicted octanol–water partition coefficient (Wildman–Crippen LogP) is 2.05. The normalized spacial score (nSPS) is 42.9. The van der Waals surface area contributed by atoms with Crippen molar-refractivity contribution in [3.05, 3.63) is 35.5 Å². The number of allylic oxidation sites excluding steroid dienone is 6. The number of carbonyl (C=O) groups is 3. The van der Waals surface area contributed by atoms with E-state index in [2.05, 4.69) is 13.0 Å². The summed E-state index contributed by atoms with van der Waals surface area (Å²) < 4.78 is 4.83. The molecule has 0 aromatic heterocycles. The number of hydrogen-bond donors (Lipinski definition) is 2. The number of fused-ring (bicyclic) bond motifs is 5. The molecule has 0 saturated heterocycles. The van der Waals surface area contributed by atoms with Crippen LogP contribution in [0.5, 0.6) is 0 Å². The number of rotatable bonds is 3. The zero-order chi connectivity index (χ0) is 21.2. The van der Waals surface area contributed by atoms with E-state index in [9.17, 15) is 24.6 Å². The predicted molar refractivity (Wildman–Crippen MR) is 105 cm³/mol. The molecule has 0 spiro atoms. The summed E-state index contributed by atoms with van der Waals surface area (Å²) in [4.78, 5) is 35.8. The number of ether oxygens (including phenoxy) is 1. The Bertz CT molecular complexity index is 882. The van der Waals surface area contributed by atoms with Crippen LogP contribution in [0.3, 0.4) is 0 Å². The first-order valence-electron chi connectivity index (χ1n) is 10.3. The van der Waals surface area contributed by atoms with Gasteiger partial charge in [-0.1, -0.05) is 30.2 Å². The van der Waals surface area contributed by atoms with E-state index < -0.39 is 35.5 Å². The molecule has 0 bridgehead atoms. The molecule has 6 nitrogen and oxygen atoms in total. The number of ketones is 2. The van der Waals surface area contributed by atoms with Gasteiger partial charge in [-0.05, 0) is 56.6 Å². The number of Topliss-reactive ketones (excluding diaryl/α,β-unsaturated/α-hetero) is 1. The summed E-state index contributed by atoms with van der Waals surface area (Å²) in [7, 11) is 0. The topological polar surface area (TPSA) is 101 Å². The zero-order valence-electron chi connectivity index (χ0n) is 17.1. The van der Waals surface area contributed by atoms with Crippen LogP contribution in [0.25, 0.3) is 0 Å². The van der Waals surface area contributed by atoms with Gasteiger partial charge in [-0.2, -0.15) is 0 Å². The molecule has 6 heteroatoms. The lowest BCUT2D eigenvalue weighted by Crippen LogP contribution is -2.59. The smallest absolute Gasteiger partial charge is 0.303 e. The highest BCUT2D eigenvalue weighted by Gasteiger charge is 2.68. The highest BCUT2D eigenvalue weighted by Crippen LogP contribution is 2.65. The van der Waals surface area contributed by atoms with Gasteiger partial charge in [-0.15, -0.1) is 0 Å². The number of aliphatic hydroxyl groups is 2. The van der Waals surface area contributed by atoms with Gasteiger partial charge in [0, 0.05) is 17.8 Å². The summed E-state index contributed by atoms with van der Waals surface area (Å²) >= 11 is 0. The molecule has 0 unspecified atom stereocenters. The largest absolute Gasteiger partial charge is 0.458 e. The monoisotopic (exact) mass is 400 g/mol. The Morgan fingerprint density at radius 2 is 2.03 bits per heavy atom. The van der Waals surface area contributed by atoms with Crippen LogP contribution < -0.4 is 0 Å². The fourth-order valence-corrected chi connectivity index (χ4v) is 6.33. The third kappa shape index (κ3) is 2.65. The van der Waals surface area contributed by atoms with Crippen LogP contribution in [-0.2, 0) is 19.1 Å². The summed E-state index contributed by atoms with van der Waals surface area (Å²) in [6.07, 6.45) is 8.54. The van der Waals surface area contributed by atoms with Crippen molar-refractivity contribution < 1.29 is 29.3 Å². The second-order valence-corrected chi connectivity index (χ2v) is 9.36. The van der Waals surface area contributed by atoms with Gasteiger partial charge >= 0.3 is 5.97 Å². The molecule has 4 aliphatic rings. The number of aliphatic hydroxyl groups excluding tert-OH is 1. The number of esters is 1. The standard InChI is InChI=1S/C23H28O6/c1-13(24)29-12-20(27)23(28)19(26)11-18-16-5-4-14-10-15(25)6-8-21(14,2)17(16)7-9-22(18,23)3/h6-8,10,16,18-19,26,28H,4-5,9,11-12H2,1-3H3/t16-,18-,19-,21+,22+,23+/m1/s1. The van der Waals surface area contributed by atoms with Crippen LogP contribution in [0, 0.1) is 22.7 Å². The maximum Gasteiger partial charge on any atom is 0.303 e. The van der Waals surface area contributed by atoms with Crippen molar-refractivity contribution in [1.82, 2.24) is 0 Å². The summed E-state index contributed by atoms with van der Waals surface area (Å²) in [5, 5.41) is 22.2. The van der Waals surface area contributed by atoms with E-state index in [0.717, 1.165) is 18.4 Å². The highest BCUT2D eigenvalue weighted by molar-refractivity contribution is 6.01. The van der Waals surface area contributed by atoms with Gasteiger partial charge in [0.1, 0.15) is 0 Å². The maximum absolute atomic E-state index is 12.9. The minimum absolute atomic E-state index is 0.0129. The van der Waals surface area contributed by atoms with Crippen molar-refractivity contribution in [1.29, 1.82) is 0 Å². The summed E-state index contributed by atoms with van der Waals surface area (Å²) in [5.74, 6) is -1.20. The second-order valence-electron chi connectivity index (χ2n) is 9.36. The molecule has 156 valence electrons. The van der Waals surface area contributed by atoms with E-state index >= 15 is 0 Å². The van der Waals surface area contributed by atoms with Gasteiger partial charge in [0.2, 0.25) is 5.78 Å². The number of carbonyl (C=O) groups excluding carboxylic acids is 3. The minimum Gasteiger partial charge on any atom is -0.458 e. The molecule has 4 aliphatic carbocycles. The van der Waals surface area contributed by atoms with E-state index in [1.165, 1.54) is 12.5 Å². The Morgan fingerprint density at radius 1 is 1.31 bits per heavy atom. The third-order valence-corrected chi connectivity index (χ3v) is 8.00. The SMILES string of the molecule is CC(=O)OCC(=O)[C@@]1(O)[C@H](O)C[C@@H]2[C@@H]3CCC4=CC(=O)C=C[C@]4(C)C3=CC[C@@]21C. The van der Waals surface area contributed by atoms with Crippen molar-refractivity contribution in [3.8, 4) is 0 Å². The summed E-state index contributed by atoms with van der Waals surface area (Å²) in [6.45, 7) is 4.65. The van der Waals surface area contributed by atoms with Crippen molar-refractivity contribution in [2.45, 2.75) is 58.2 Å². The molecule has 4 rings (SSSR count). The molecule has 2 fully saturated rings. The first-order chi connectivity index (χ1) is 13.5. The Labute approximate surface area is 170 Å². The van der Waals surface area contributed by atoms with E-state index in [4.69, 9.17) is 4.74 Å². The molecule has 0 aromatic carbocycles. The Morgan fingerprint density at radius 3 is 2.72 bits per heavy atom. The van der Waals surface area contributed by atoms with E-state index in [1.807, 2.05) is 13.0 Å². The van der Waals surface area contributed by atoms with Crippen molar-refractivity contribution in [2.24, 2.45) is 22.7 Å². The van der Waals surface area contributed by atoms with Gasteiger partial charge in [0.25, 0.3) is 0 Å². The highest BCUT2D eigenvalue weighted by atomic mass is 16.5. The van der Waals surface area contributed by atoms with Crippen molar-refractivity contribution >= 4 is 17.5 Å². The Hall–Kier alpha value is -2.05. The lowest BCUT2D eigenvalue weighted by molar-refractivity contribution is -0.174. The molecule has 2 N–H and O–H groups in total. The molecule has 29 heavy (non-hydrogen) atoms. The Kier molecular flexibility index (Phi) is 4.52. The van der Waals surface area contributed by atoms with Crippen LogP contribution in [0.15, 0.2) is 35.5 Å². The average Bonchev–Trinajstić information content (AvgIpc) is 2.88.